The molecule has 0 aliphatic heterocycles. The van der Waals surface area contributed by atoms with E-state index in [4.69, 9.17) is 9.47 Å². The molecular weight excluding hydrogens is 634 g/mol. The number of amides is 3. The van der Waals surface area contributed by atoms with E-state index in [9.17, 15) is 24.3 Å². The topological polar surface area (TPSA) is 143 Å². The molecule has 0 radical (unpaired) electrons. The largest absolute Gasteiger partial charge is 0.463 e. The van der Waals surface area contributed by atoms with Crippen LogP contribution in [0.4, 0.5) is 4.79 Å². The van der Waals surface area contributed by atoms with Gasteiger partial charge in [-0.05, 0) is 68.9 Å². The quantitative estimate of drug-likeness (QED) is 0.0643. The fraction of sp³-hybridized carbons (Fsp3) is 0.500. The summed E-state index contributed by atoms with van der Waals surface area (Å²) < 4.78 is 11.1. The first-order valence-corrected chi connectivity index (χ1v) is 17.9. The van der Waals surface area contributed by atoms with Crippen LogP contribution in [0.5, 0.6) is 0 Å². The molecule has 3 unspecified atom stereocenters. The van der Waals surface area contributed by atoms with E-state index in [-0.39, 0.29) is 56.4 Å². The van der Waals surface area contributed by atoms with Crippen molar-refractivity contribution in [1.82, 2.24) is 16.0 Å². The van der Waals surface area contributed by atoms with Crippen LogP contribution in [0.15, 0.2) is 86.0 Å². The molecule has 3 amide bonds. The first-order chi connectivity index (χ1) is 24.3. The summed E-state index contributed by atoms with van der Waals surface area (Å²) in [5.74, 6) is -2.01. The van der Waals surface area contributed by atoms with Gasteiger partial charge >= 0.3 is 12.1 Å². The Balaban J connectivity index is 1.59. The van der Waals surface area contributed by atoms with Crippen molar-refractivity contribution in [3.05, 3.63) is 97.1 Å². The number of esters is 1. The Bertz CT molecular complexity index is 1350. The summed E-state index contributed by atoms with van der Waals surface area (Å²) in [6, 6.07) is 18.7. The maximum atomic E-state index is 13.6. The number of alkyl carbamates (subject to hydrolysis) is 1. The molecule has 50 heavy (non-hydrogen) atoms. The van der Waals surface area contributed by atoms with Crippen LogP contribution < -0.4 is 16.0 Å². The van der Waals surface area contributed by atoms with Gasteiger partial charge in [-0.1, -0.05) is 85.7 Å². The number of hydrogen-bond acceptors (Lipinski definition) is 7. The maximum Gasteiger partial charge on any atom is 0.407 e. The van der Waals surface area contributed by atoms with E-state index in [0.717, 1.165) is 24.0 Å². The Morgan fingerprint density at radius 1 is 0.860 bits per heavy atom. The van der Waals surface area contributed by atoms with Crippen molar-refractivity contribution in [2.75, 3.05) is 19.8 Å². The van der Waals surface area contributed by atoms with Gasteiger partial charge in [0.1, 0.15) is 13.2 Å². The molecule has 2 aromatic rings. The van der Waals surface area contributed by atoms with Crippen LogP contribution in [0.25, 0.3) is 0 Å². The number of allylic oxidation sites excluding steroid dienone is 2. The zero-order chi connectivity index (χ0) is 36.0. The Hall–Kier alpha value is -4.44. The van der Waals surface area contributed by atoms with Gasteiger partial charge in [-0.25, -0.2) is 4.79 Å². The highest BCUT2D eigenvalue weighted by molar-refractivity contribution is 5.86. The predicted molar refractivity (Wildman–Crippen MR) is 194 cm³/mol. The highest BCUT2D eigenvalue weighted by atomic mass is 16.5. The average Bonchev–Trinajstić information content (AvgIpc) is 3.60. The molecule has 0 spiro atoms. The Morgan fingerprint density at radius 2 is 1.54 bits per heavy atom. The van der Waals surface area contributed by atoms with Gasteiger partial charge < -0.3 is 30.5 Å². The lowest BCUT2D eigenvalue weighted by molar-refractivity contribution is -0.150. The molecule has 0 bridgehead atoms. The van der Waals surface area contributed by atoms with Gasteiger partial charge in [0.25, 0.3) is 0 Å². The summed E-state index contributed by atoms with van der Waals surface area (Å²) >= 11 is 0. The minimum absolute atomic E-state index is 0.0306. The highest BCUT2D eigenvalue weighted by Crippen LogP contribution is 2.29. The smallest absolute Gasteiger partial charge is 0.407 e. The molecule has 10 nitrogen and oxygen atoms in total. The second-order valence-corrected chi connectivity index (χ2v) is 13.2. The zero-order valence-corrected chi connectivity index (χ0v) is 29.3. The van der Waals surface area contributed by atoms with Gasteiger partial charge in [0, 0.05) is 13.0 Å². The molecule has 0 heterocycles. The van der Waals surface area contributed by atoms with Gasteiger partial charge in [-0.2, -0.15) is 0 Å². The third-order valence-corrected chi connectivity index (χ3v) is 9.13. The van der Waals surface area contributed by atoms with Crippen LogP contribution >= 0.6 is 0 Å². The van der Waals surface area contributed by atoms with Gasteiger partial charge in [0.2, 0.25) is 11.8 Å². The lowest BCUT2D eigenvalue weighted by atomic mass is 9.94. The van der Waals surface area contributed by atoms with Gasteiger partial charge in [-0.3, -0.25) is 14.4 Å². The maximum absolute atomic E-state index is 13.6. The third kappa shape index (κ3) is 14.6. The third-order valence-electron chi connectivity index (χ3n) is 9.13. The standard InChI is InChI=1S/C40H55N3O7/c1-3-5-21-34(26-31-17-8-6-9-18-31)38(47)49-29-35(22-12-15-25-41-39(48)50-28-32-19-10-7-11-20-32)42-37(46)33(16-4-2)27-36(45)43-40(30-44)23-13-14-24-40/h3-4,6-11,17-20,33-35,44H,1-2,5,12-16,21-30H2,(H,41,48)(H,42,46)(H,43,45). The van der Waals surface area contributed by atoms with Crippen LogP contribution in [0, 0.1) is 11.8 Å². The second-order valence-electron chi connectivity index (χ2n) is 13.2. The number of carbonyl (C=O) groups excluding carboxylic acids is 4. The van der Waals surface area contributed by atoms with Crippen molar-refractivity contribution < 1.29 is 33.8 Å². The Labute approximate surface area is 297 Å². The van der Waals surface area contributed by atoms with E-state index in [1.54, 1.807) is 12.2 Å². The molecule has 1 aliphatic carbocycles. The van der Waals surface area contributed by atoms with E-state index in [1.807, 2.05) is 60.7 Å². The van der Waals surface area contributed by atoms with E-state index in [1.165, 1.54) is 0 Å². The van der Waals surface area contributed by atoms with Gasteiger partial charge in [0.15, 0.2) is 0 Å². The summed E-state index contributed by atoms with van der Waals surface area (Å²) in [7, 11) is 0. The fourth-order valence-electron chi connectivity index (χ4n) is 6.25. The van der Waals surface area contributed by atoms with Crippen molar-refractivity contribution in [3.8, 4) is 0 Å². The number of unbranched alkanes of at least 4 members (excludes halogenated alkanes) is 1. The lowest BCUT2D eigenvalue weighted by Crippen LogP contribution is -2.50. The van der Waals surface area contributed by atoms with Gasteiger partial charge in [-0.15, -0.1) is 13.2 Å². The van der Waals surface area contributed by atoms with E-state index in [0.29, 0.717) is 57.9 Å². The second kappa shape index (κ2) is 22.3. The summed E-state index contributed by atoms with van der Waals surface area (Å²) in [6.07, 6.45) is 9.89. The fourth-order valence-corrected chi connectivity index (χ4v) is 6.25. The van der Waals surface area contributed by atoms with Crippen molar-refractivity contribution >= 4 is 23.9 Å². The Kier molecular flexibility index (Phi) is 17.8. The number of nitrogens with one attached hydrogen (secondary N) is 3. The van der Waals surface area contributed by atoms with E-state index < -0.39 is 23.6 Å². The van der Waals surface area contributed by atoms with Crippen LogP contribution in [-0.4, -0.2) is 60.3 Å². The number of carbonyl (C=O) groups is 4. The van der Waals surface area contributed by atoms with Crippen LogP contribution in [0.3, 0.4) is 0 Å². The van der Waals surface area contributed by atoms with Crippen molar-refractivity contribution in [1.29, 1.82) is 0 Å². The molecule has 3 rings (SSSR count). The molecular formula is C40H55N3O7. The molecule has 2 aromatic carbocycles. The number of aliphatic hydroxyl groups excluding tert-OH is 1. The normalized spacial score (nSPS) is 15.1. The number of rotatable bonds is 23. The van der Waals surface area contributed by atoms with Crippen molar-refractivity contribution in [2.45, 2.75) is 95.2 Å². The van der Waals surface area contributed by atoms with E-state index >= 15 is 0 Å². The minimum Gasteiger partial charge on any atom is -0.463 e. The van der Waals surface area contributed by atoms with Crippen molar-refractivity contribution in [2.24, 2.45) is 11.8 Å². The molecule has 4 N–H and O–H groups in total. The summed E-state index contributed by atoms with van der Waals surface area (Å²) in [5.41, 5.74) is 1.29. The van der Waals surface area contributed by atoms with Crippen LogP contribution in [-0.2, 0) is 36.9 Å². The summed E-state index contributed by atoms with van der Waals surface area (Å²) in [5, 5.41) is 18.7. The van der Waals surface area contributed by atoms with E-state index in [2.05, 4.69) is 29.1 Å². The SMILES string of the molecule is C=CCCC(Cc1ccccc1)C(=O)OCC(CCCCNC(=O)OCc1ccccc1)NC(=O)C(CC=C)CC(=O)NC1(CO)CCCC1. The molecule has 3 atom stereocenters. The molecule has 0 saturated heterocycles. The number of hydrogen-bond donors (Lipinski definition) is 4. The monoisotopic (exact) mass is 689 g/mol. The van der Waals surface area contributed by atoms with Crippen LogP contribution in [0.1, 0.15) is 81.8 Å². The van der Waals surface area contributed by atoms with Gasteiger partial charge in [0.05, 0.1) is 30.0 Å². The number of aliphatic hydroxyl groups is 1. The number of benzene rings is 2. The lowest BCUT2D eigenvalue weighted by Gasteiger charge is -2.29. The zero-order valence-electron chi connectivity index (χ0n) is 29.3. The first-order valence-electron chi connectivity index (χ1n) is 17.9. The number of ether oxygens (including phenoxy) is 2. The minimum atomic E-state index is -0.678. The summed E-state index contributed by atoms with van der Waals surface area (Å²) in [4.78, 5) is 52.1. The molecule has 0 aromatic heterocycles. The highest BCUT2D eigenvalue weighted by Gasteiger charge is 2.35. The molecule has 272 valence electrons. The first kappa shape index (κ1) is 40.0. The van der Waals surface area contributed by atoms with Crippen LogP contribution in [0.2, 0.25) is 0 Å². The van der Waals surface area contributed by atoms with Crippen molar-refractivity contribution in [3.63, 3.8) is 0 Å². The predicted octanol–water partition coefficient (Wildman–Crippen LogP) is 5.94. The molecule has 1 aliphatic rings. The average molecular weight is 690 g/mol. The molecule has 10 heteroatoms. The molecule has 1 fully saturated rings. The Morgan fingerprint density at radius 3 is 2.18 bits per heavy atom. The molecule has 1 saturated carbocycles. The summed E-state index contributed by atoms with van der Waals surface area (Å²) in [6.45, 7) is 7.96.